The summed E-state index contributed by atoms with van der Waals surface area (Å²) in [5, 5.41) is 26.1. The SMILES string of the molecule is CN(C)CCCN1CCN(c2cc3c(nc2Sc2ccc(F)cc2F)CNC(=O)N3c2c(Cl)cccc2Cl)CC1.O=C1NCc2nc(Sc3ccc(F)cc3F)c(N3CC4CCC3C4)cc2N1c1c(Cl)cccc1Cl.O=C1NCc2nc(Sc3ccc(F)cc3F)c(NC3CCNCC3)cc2N1c1c(Cl)cccc1Cl.O=C1NCc2nc(Sc3ccc(F)cc3F)c(OC3CCNCC3)cc2N1c1c(Cl)cccc1Cl. The molecule has 2 unspecified atom stereocenters. The van der Waals surface area contributed by atoms with Crippen LogP contribution in [0.15, 0.2) is 210 Å². The molecule has 1 aliphatic carbocycles. The van der Waals surface area contributed by atoms with Gasteiger partial charge in [-0.3, -0.25) is 24.5 Å². The summed E-state index contributed by atoms with van der Waals surface area (Å²) in [4.78, 5) is 87.2. The molecule has 4 saturated heterocycles. The molecule has 21 rings (SSSR count). The second-order valence-corrected chi connectivity index (χ2v) is 42.7. The van der Waals surface area contributed by atoms with Crippen LogP contribution in [0.1, 0.15) is 74.1 Å². The third-order valence-electron chi connectivity index (χ3n) is 25.3. The van der Waals surface area contributed by atoms with E-state index in [2.05, 4.69) is 70.9 Å². The van der Waals surface area contributed by atoms with Gasteiger partial charge in [-0.25, -0.2) is 74.2 Å². The summed E-state index contributed by atoms with van der Waals surface area (Å²) in [5.41, 5.74) is 8.13. The number of carbonyl (C=O) groups is 4. The van der Waals surface area contributed by atoms with Crippen molar-refractivity contribution < 1.29 is 59.0 Å². The second-order valence-electron chi connectivity index (χ2n) is 35.3. The first-order valence-electron chi connectivity index (χ1n) is 46.4. The smallest absolute Gasteiger partial charge is 0.326 e. The van der Waals surface area contributed by atoms with Gasteiger partial charge in [-0.15, -0.1) is 0 Å². The van der Waals surface area contributed by atoms with Crippen molar-refractivity contribution in [3.8, 4) is 5.75 Å². The normalized spacial score (nSPS) is 17.2. The van der Waals surface area contributed by atoms with Crippen LogP contribution in [0.5, 0.6) is 5.75 Å². The number of ether oxygens (including phenoxy) is 1. The number of piperidine rings is 3. The molecule has 756 valence electrons. The Morgan fingerprint density at radius 1 is 0.400 bits per heavy atom. The predicted molar refractivity (Wildman–Crippen MR) is 559 cm³/mol. The lowest BCUT2D eigenvalue weighted by atomic mass is 10.1. The van der Waals surface area contributed by atoms with Crippen LogP contribution in [0.4, 0.5) is 117 Å². The van der Waals surface area contributed by atoms with Gasteiger partial charge in [-0.2, -0.15) is 0 Å². The summed E-state index contributed by atoms with van der Waals surface area (Å²) in [5.74, 6) is -4.22. The Morgan fingerprint density at radius 3 is 1.13 bits per heavy atom. The van der Waals surface area contributed by atoms with Crippen LogP contribution in [-0.2, 0) is 26.2 Å². The number of urea groups is 4. The first-order chi connectivity index (χ1) is 69.9. The number of fused-ring (bicyclic) bond motifs is 6. The van der Waals surface area contributed by atoms with Gasteiger partial charge in [0.1, 0.15) is 72.7 Å². The van der Waals surface area contributed by atoms with Gasteiger partial charge in [0.25, 0.3) is 0 Å². The average molecular weight is 2210 g/mol. The van der Waals surface area contributed by atoms with Crippen LogP contribution in [0.2, 0.25) is 40.2 Å². The molecule has 0 spiro atoms. The molecule has 8 amide bonds. The zero-order chi connectivity index (χ0) is 102. The van der Waals surface area contributed by atoms with Crippen LogP contribution in [0.3, 0.4) is 0 Å². The lowest BCUT2D eigenvalue weighted by Gasteiger charge is -2.38. The number of hydrogen-bond acceptors (Lipinski definition) is 20. The number of nitrogens with one attached hydrogen (secondary N) is 7. The monoisotopic (exact) mass is 2210 g/mol. The summed E-state index contributed by atoms with van der Waals surface area (Å²) in [6.45, 7) is 10.2. The molecule has 145 heavy (non-hydrogen) atoms. The lowest BCUT2D eigenvalue weighted by molar-refractivity contribution is 0.157. The largest absolute Gasteiger partial charge is 0.487 e. The molecular weight excluding hydrogens is 2120 g/mol. The van der Waals surface area contributed by atoms with Crippen LogP contribution in [0, 0.1) is 52.5 Å². The van der Waals surface area contributed by atoms with Crippen molar-refractivity contribution >= 4 is 227 Å². The Bertz CT molecular complexity index is 6680. The van der Waals surface area contributed by atoms with Crippen LogP contribution in [-0.4, -0.2) is 158 Å². The summed E-state index contributed by atoms with van der Waals surface area (Å²) < 4.78 is 119. The Balaban J connectivity index is 0.000000127. The maximum atomic E-state index is 14.7. The van der Waals surface area contributed by atoms with E-state index in [1.807, 2.05) is 18.2 Å². The molecule has 12 aromatic rings. The number of pyridine rings is 4. The molecule has 0 radical (unpaired) electrons. The molecule has 7 N–H and O–H groups in total. The number of carbonyl (C=O) groups excluding carboxylic acids is 4. The number of amides is 8. The quantitative estimate of drug-likeness (QED) is 0.0312. The number of benzene rings is 8. The van der Waals surface area contributed by atoms with Crippen LogP contribution in [0.25, 0.3) is 0 Å². The highest BCUT2D eigenvalue weighted by molar-refractivity contribution is 8.00. The zero-order valence-corrected chi connectivity index (χ0v) is 86.6. The van der Waals surface area contributed by atoms with E-state index in [0.29, 0.717) is 152 Å². The van der Waals surface area contributed by atoms with E-state index in [9.17, 15) is 54.3 Å². The van der Waals surface area contributed by atoms with Crippen molar-refractivity contribution in [3.05, 3.63) is 279 Å². The molecule has 44 heteroatoms. The zero-order valence-electron chi connectivity index (χ0n) is 77.3. The van der Waals surface area contributed by atoms with Gasteiger partial charge in [0.05, 0.1) is 152 Å². The van der Waals surface area contributed by atoms with E-state index in [4.69, 9.17) is 117 Å². The first kappa shape index (κ1) is 105. The third kappa shape index (κ3) is 24.0. The molecule has 1 saturated carbocycles. The van der Waals surface area contributed by atoms with E-state index < -0.39 is 52.6 Å². The number of rotatable bonds is 22. The van der Waals surface area contributed by atoms with Crippen molar-refractivity contribution in [3.63, 3.8) is 0 Å². The van der Waals surface area contributed by atoms with Crippen molar-refractivity contribution in [1.29, 1.82) is 0 Å². The second kappa shape index (κ2) is 46.6. The Hall–Kier alpha value is -10.4. The van der Waals surface area contributed by atoms with E-state index in [1.165, 1.54) is 74.6 Å². The van der Waals surface area contributed by atoms with Gasteiger partial charge in [0, 0.05) is 94.7 Å². The Kier molecular flexibility index (Phi) is 33.6. The number of para-hydroxylation sites is 4. The Morgan fingerprint density at radius 2 is 0.752 bits per heavy atom. The maximum absolute atomic E-state index is 14.7. The fraction of sp³-hybridized carbons (Fsp3) is 0.287. The summed E-state index contributed by atoms with van der Waals surface area (Å²) in [6.07, 6.45) is 7.74. The van der Waals surface area contributed by atoms with E-state index >= 15 is 0 Å². The number of halogens is 16. The van der Waals surface area contributed by atoms with Gasteiger partial charge in [-0.1, -0.05) is 164 Å². The molecule has 8 aliphatic heterocycles. The molecule has 8 aromatic carbocycles. The van der Waals surface area contributed by atoms with E-state index in [1.54, 1.807) is 78.9 Å². The molecule has 5 fully saturated rings. The maximum Gasteiger partial charge on any atom is 0.326 e. The van der Waals surface area contributed by atoms with E-state index in [-0.39, 0.29) is 76.0 Å². The van der Waals surface area contributed by atoms with E-state index in [0.717, 1.165) is 200 Å². The highest BCUT2D eigenvalue weighted by Gasteiger charge is 2.43. The molecule has 24 nitrogen and oxygen atoms in total. The van der Waals surface area contributed by atoms with Crippen molar-refractivity contribution in [2.75, 3.05) is 121 Å². The van der Waals surface area contributed by atoms with Gasteiger partial charge in [0.15, 0.2) is 5.75 Å². The third-order valence-corrected chi connectivity index (χ3v) is 32.0. The number of anilines is 11. The molecular formula is C101H91Cl8F8N19O5S4. The molecule has 12 heterocycles. The van der Waals surface area contributed by atoms with Crippen LogP contribution >= 0.6 is 140 Å². The van der Waals surface area contributed by atoms with Crippen molar-refractivity contribution in [2.45, 2.75) is 135 Å². The number of hydrogen-bond donors (Lipinski definition) is 7. The molecule has 2 atom stereocenters. The fourth-order valence-electron chi connectivity index (χ4n) is 18.3. The molecule has 4 aromatic heterocycles. The number of aromatic nitrogens is 4. The summed E-state index contributed by atoms with van der Waals surface area (Å²) in [7, 11) is 4.15. The van der Waals surface area contributed by atoms with Crippen molar-refractivity contribution in [2.24, 2.45) is 5.92 Å². The standard InChI is InChI=1S/C28H30Cl2F2N6OS.C25H20Cl2F2N4OS.C24H21Cl2F2N5OS.C24H20Cl2F2N4O2S/c1-35(2)9-4-10-36-11-13-37(14-12-36)24-16-23-22(34-27(24)40-25-8-7-18(31)15-21(25)32)17-33-28(39)38(23)26-19(29)5-3-6-20(26)30;26-16-2-1-3-17(27)23(16)33-20-10-21(32-12-13-4-6-15(32)8-13)24(31-19(20)11-30-25(33)34)35-22-7-5-14(28)9-18(22)29;25-15-2-1-3-16(26)22(15)33-20-11-18(31-14-6-8-29-9-7-14)23(32-19(20)12-30-24(33)34)35-21-5-4-13(27)10-17(21)28;25-15-2-1-3-16(26)22(15)32-19-11-20(34-14-6-8-29-9-7-14)23(31-18(19)12-30-24(32)33)35-21-5-4-13(27)10-17(21)28/h3,5-8,15-16H,4,9-14,17H2,1-2H3,(H,33,39);1-3,5,7,9-10,13,15H,4,6,8,11-12H2,(H,30,34);1-5,10-11,14,29,31H,6-9,12H2,(H,30,34);1-5,10-11,14,29H,6-9,12H2,(H,30,33). The highest BCUT2D eigenvalue weighted by Crippen LogP contribution is 2.53. The van der Waals surface area contributed by atoms with Gasteiger partial charge in [0.2, 0.25) is 0 Å². The Labute approximate surface area is 887 Å². The molecule has 2 bridgehead atoms. The molecule has 9 aliphatic rings. The number of piperazine rings is 1. The van der Waals surface area contributed by atoms with Gasteiger partial charge in [-0.05, 0) is 226 Å². The summed E-state index contributed by atoms with van der Waals surface area (Å²) >= 11 is 56.1. The predicted octanol–water partition coefficient (Wildman–Crippen LogP) is 26.1. The van der Waals surface area contributed by atoms with Crippen LogP contribution < -0.4 is 71.4 Å². The first-order valence-corrected chi connectivity index (χ1v) is 52.7. The average Bonchev–Trinajstić information content (AvgIpc) is 1.75. The minimum absolute atomic E-state index is 0.0803. The minimum Gasteiger partial charge on any atom is -0.487 e. The highest BCUT2D eigenvalue weighted by atomic mass is 35.5. The summed E-state index contributed by atoms with van der Waals surface area (Å²) in [6, 6.07) is 40.5. The fourth-order valence-corrected chi connectivity index (χ4v) is 24.2. The lowest BCUT2D eigenvalue weighted by Crippen LogP contribution is -2.47. The topological polar surface area (TPSA) is 239 Å². The van der Waals surface area contributed by atoms with Gasteiger partial charge < -0.3 is 56.7 Å². The number of nitrogens with zero attached hydrogens (tertiary/aromatic N) is 12. The minimum atomic E-state index is -0.694. The van der Waals surface area contributed by atoms with Gasteiger partial charge >= 0.3 is 24.1 Å². The van der Waals surface area contributed by atoms with Crippen molar-refractivity contribution in [1.82, 2.24) is 61.6 Å².